The van der Waals surface area contributed by atoms with E-state index in [9.17, 15) is 0 Å². The minimum Gasteiger partial charge on any atom is -0.476 e. The van der Waals surface area contributed by atoms with Gasteiger partial charge in [0.15, 0.2) is 5.16 Å². The van der Waals surface area contributed by atoms with Gasteiger partial charge in [0.05, 0.1) is 6.61 Å². The van der Waals surface area contributed by atoms with Gasteiger partial charge in [-0.3, -0.25) is 0 Å². The zero-order valence-electron chi connectivity index (χ0n) is 9.49. The SMILES string of the molecule is CCOc1ncnc(Sc2ncnn2C)c1N. The van der Waals surface area contributed by atoms with Crippen LogP contribution in [-0.2, 0) is 7.05 Å². The summed E-state index contributed by atoms with van der Waals surface area (Å²) in [5.41, 5.74) is 6.33. The van der Waals surface area contributed by atoms with Crippen LogP contribution in [-0.4, -0.2) is 31.3 Å². The van der Waals surface area contributed by atoms with Gasteiger partial charge in [-0.1, -0.05) is 0 Å². The van der Waals surface area contributed by atoms with Crippen LogP contribution in [0.15, 0.2) is 22.8 Å². The largest absolute Gasteiger partial charge is 0.476 e. The Balaban J connectivity index is 2.27. The third-order valence-electron chi connectivity index (χ3n) is 1.95. The Labute approximate surface area is 102 Å². The number of aromatic nitrogens is 5. The van der Waals surface area contributed by atoms with E-state index in [2.05, 4.69) is 20.1 Å². The first kappa shape index (κ1) is 11.6. The van der Waals surface area contributed by atoms with Gasteiger partial charge in [0, 0.05) is 7.05 Å². The van der Waals surface area contributed by atoms with E-state index in [0.29, 0.717) is 28.4 Å². The average Bonchev–Trinajstić information content (AvgIpc) is 2.70. The van der Waals surface area contributed by atoms with Gasteiger partial charge in [0.1, 0.15) is 23.4 Å². The Kier molecular flexibility index (Phi) is 3.43. The summed E-state index contributed by atoms with van der Waals surface area (Å²) in [6.45, 7) is 2.38. The molecule has 0 unspecified atom stereocenters. The van der Waals surface area contributed by atoms with Crippen LogP contribution in [0.1, 0.15) is 6.92 Å². The number of ether oxygens (including phenoxy) is 1. The summed E-state index contributed by atoms with van der Waals surface area (Å²) in [4.78, 5) is 12.2. The van der Waals surface area contributed by atoms with Crippen molar-refractivity contribution < 1.29 is 4.74 Å². The molecule has 0 saturated heterocycles. The summed E-state index contributed by atoms with van der Waals surface area (Å²) in [5, 5.41) is 5.29. The zero-order chi connectivity index (χ0) is 12.3. The van der Waals surface area contributed by atoms with Crippen LogP contribution >= 0.6 is 11.8 Å². The van der Waals surface area contributed by atoms with Gasteiger partial charge in [0.2, 0.25) is 5.88 Å². The van der Waals surface area contributed by atoms with Gasteiger partial charge in [-0.15, -0.1) is 0 Å². The van der Waals surface area contributed by atoms with Crippen LogP contribution in [0.25, 0.3) is 0 Å². The lowest BCUT2D eigenvalue weighted by atomic mass is 10.5. The lowest BCUT2D eigenvalue weighted by molar-refractivity contribution is 0.327. The molecule has 0 aliphatic rings. The van der Waals surface area contributed by atoms with Crippen LogP contribution in [0.3, 0.4) is 0 Å². The van der Waals surface area contributed by atoms with Crippen LogP contribution in [0.2, 0.25) is 0 Å². The molecule has 2 aromatic rings. The zero-order valence-corrected chi connectivity index (χ0v) is 10.3. The summed E-state index contributed by atoms with van der Waals surface area (Å²) < 4.78 is 6.94. The first-order valence-electron chi connectivity index (χ1n) is 4.97. The molecule has 0 aromatic carbocycles. The molecule has 0 aliphatic heterocycles. The van der Waals surface area contributed by atoms with Crippen molar-refractivity contribution in [3.05, 3.63) is 12.7 Å². The smallest absolute Gasteiger partial charge is 0.241 e. The molecule has 0 fully saturated rings. The Hall–Kier alpha value is -1.83. The fourth-order valence-corrected chi connectivity index (χ4v) is 1.91. The number of nitrogens with zero attached hydrogens (tertiary/aromatic N) is 5. The summed E-state index contributed by atoms with van der Waals surface area (Å²) in [7, 11) is 1.80. The van der Waals surface area contributed by atoms with Gasteiger partial charge in [-0.2, -0.15) is 10.1 Å². The average molecular weight is 252 g/mol. The van der Waals surface area contributed by atoms with Crippen LogP contribution < -0.4 is 10.5 Å². The molecule has 2 N–H and O–H groups in total. The maximum absolute atomic E-state index is 5.91. The topological polar surface area (TPSA) is 91.7 Å². The first-order chi connectivity index (χ1) is 8.22. The predicted molar refractivity (Wildman–Crippen MR) is 62.7 cm³/mol. The highest BCUT2D eigenvalue weighted by atomic mass is 32.2. The minimum atomic E-state index is 0.396. The molecule has 90 valence electrons. The van der Waals surface area contributed by atoms with E-state index < -0.39 is 0 Å². The van der Waals surface area contributed by atoms with E-state index >= 15 is 0 Å². The highest BCUT2D eigenvalue weighted by Crippen LogP contribution is 2.32. The Bertz CT molecular complexity index is 514. The fraction of sp³-hybridized carbons (Fsp3) is 0.333. The van der Waals surface area contributed by atoms with E-state index in [1.54, 1.807) is 11.7 Å². The Morgan fingerprint density at radius 2 is 2.18 bits per heavy atom. The van der Waals surface area contributed by atoms with Crippen molar-refractivity contribution >= 4 is 17.4 Å². The number of nitrogens with two attached hydrogens (primary N) is 1. The molecule has 8 heteroatoms. The summed E-state index contributed by atoms with van der Waals surface area (Å²) in [6.07, 6.45) is 2.89. The molecule has 0 radical (unpaired) electrons. The molecule has 0 saturated carbocycles. The fourth-order valence-electron chi connectivity index (χ4n) is 1.16. The standard InChI is InChI=1S/C9H12N6OS/c1-3-16-7-6(10)8(12-4-11-7)17-9-13-5-14-15(9)2/h4-5H,3,10H2,1-2H3. The van der Waals surface area contributed by atoms with Crippen molar-refractivity contribution in [2.75, 3.05) is 12.3 Å². The number of rotatable bonds is 4. The molecule has 2 aromatic heterocycles. The minimum absolute atomic E-state index is 0.396. The molecule has 2 heterocycles. The molecule has 0 atom stereocenters. The van der Waals surface area contributed by atoms with Crippen molar-refractivity contribution in [1.82, 2.24) is 24.7 Å². The number of aryl methyl sites for hydroxylation is 1. The molecule has 2 rings (SSSR count). The molecule has 0 aliphatic carbocycles. The third-order valence-corrected chi connectivity index (χ3v) is 3.02. The predicted octanol–water partition coefficient (Wildman–Crippen LogP) is 0.737. The maximum atomic E-state index is 5.91. The van der Waals surface area contributed by atoms with E-state index in [0.717, 1.165) is 0 Å². The number of hydrogen-bond acceptors (Lipinski definition) is 7. The number of hydrogen-bond donors (Lipinski definition) is 1. The quantitative estimate of drug-likeness (QED) is 0.802. The van der Waals surface area contributed by atoms with Crippen molar-refractivity contribution in [3.63, 3.8) is 0 Å². The summed E-state index contributed by atoms with van der Waals surface area (Å²) >= 11 is 1.32. The highest BCUT2D eigenvalue weighted by molar-refractivity contribution is 7.99. The van der Waals surface area contributed by atoms with E-state index in [1.165, 1.54) is 24.4 Å². The van der Waals surface area contributed by atoms with Gasteiger partial charge in [-0.25, -0.2) is 14.6 Å². The molecule has 0 bridgehead atoms. The normalized spacial score (nSPS) is 10.5. The van der Waals surface area contributed by atoms with Crippen molar-refractivity contribution in [1.29, 1.82) is 0 Å². The monoisotopic (exact) mass is 252 g/mol. The first-order valence-corrected chi connectivity index (χ1v) is 5.79. The Morgan fingerprint density at radius 3 is 2.82 bits per heavy atom. The van der Waals surface area contributed by atoms with Crippen molar-refractivity contribution in [2.45, 2.75) is 17.1 Å². The third kappa shape index (κ3) is 2.47. The van der Waals surface area contributed by atoms with Crippen LogP contribution in [0.5, 0.6) is 5.88 Å². The molecule has 0 spiro atoms. The highest BCUT2D eigenvalue weighted by Gasteiger charge is 2.12. The number of anilines is 1. The molecule has 7 nitrogen and oxygen atoms in total. The lowest BCUT2D eigenvalue weighted by Gasteiger charge is -2.07. The van der Waals surface area contributed by atoms with Crippen LogP contribution in [0, 0.1) is 0 Å². The van der Waals surface area contributed by atoms with Gasteiger partial charge in [-0.05, 0) is 18.7 Å². The van der Waals surface area contributed by atoms with E-state index in [1.807, 2.05) is 6.92 Å². The van der Waals surface area contributed by atoms with Gasteiger partial charge >= 0.3 is 0 Å². The van der Waals surface area contributed by atoms with Crippen molar-refractivity contribution in [2.24, 2.45) is 7.05 Å². The van der Waals surface area contributed by atoms with Crippen molar-refractivity contribution in [3.8, 4) is 5.88 Å². The summed E-state index contributed by atoms with van der Waals surface area (Å²) in [6, 6.07) is 0. The van der Waals surface area contributed by atoms with E-state index in [4.69, 9.17) is 10.5 Å². The maximum Gasteiger partial charge on any atom is 0.241 e. The number of nitrogen functional groups attached to an aromatic ring is 1. The molecule has 17 heavy (non-hydrogen) atoms. The second-order valence-corrected chi connectivity index (χ2v) is 4.05. The molecular formula is C9H12N6OS. The van der Waals surface area contributed by atoms with Gasteiger partial charge in [0.25, 0.3) is 0 Å². The van der Waals surface area contributed by atoms with Crippen LogP contribution in [0.4, 0.5) is 5.69 Å². The van der Waals surface area contributed by atoms with E-state index in [-0.39, 0.29) is 0 Å². The molecular weight excluding hydrogens is 240 g/mol. The molecule has 0 amide bonds. The lowest BCUT2D eigenvalue weighted by Crippen LogP contribution is -2.02. The van der Waals surface area contributed by atoms with Gasteiger partial charge < -0.3 is 10.5 Å². The Morgan fingerprint density at radius 1 is 1.35 bits per heavy atom. The second kappa shape index (κ2) is 5.00. The summed E-state index contributed by atoms with van der Waals surface area (Å²) in [5.74, 6) is 0.396. The second-order valence-electron chi connectivity index (χ2n) is 3.10.